The molecule has 24 heavy (non-hydrogen) atoms. The summed E-state index contributed by atoms with van der Waals surface area (Å²) in [5, 5.41) is 0.0280. The number of carbonyl (C=O) groups is 2. The van der Waals surface area contributed by atoms with Crippen molar-refractivity contribution < 1.29 is 22.7 Å². The number of esters is 1. The number of pyridine rings is 1. The molecule has 0 saturated carbocycles. The summed E-state index contributed by atoms with van der Waals surface area (Å²) < 4.78 is 28.0. The minimum Gasteiger partial charge on any atom is -0.452 e. The van der Waals surface area contributed by atoms with Crippen LogP contribution >= 0.6 is 11.6 Å². The summed E-state index contributed by atoms with van der Waals surface area (Å²) in [6, 6.07) is 1.31. The Balaban J connectivity index is 1.98. The zero-order valence-electron chi connectivity index (χ0n) is 13.7. The second kappa shape index (κ2) is 7.06. The molecule has 2 heterocycles. The summed E-state index contributed by atoms with van der Waals surface area (Å²) in [5.74, 6) is -1.18. The van der Waals surface area contributed by atoms with Crippen molar-refractivity contribution in [2.45, 2.75) is 26.3 Å². The Morgan fingerprint density at radius 2 is 2.08 bits per heavy atom. The highest BCUT2D eigenvalue weighted by molar-refractivity contribution is 7.91. The molecule has 0 unspecified atom stereocenters. The number of carbonyl (C=O) groups excluding carboxylic acids is 2. The molecule has 7 nitrogen and oxygen atoms in total. The number of sulfone groups is 1. The van der Waals surface area contributed by atoms with Gasteiger partial charge in [0.05, 0.1) is 17.1 Å². The lowest BCUT2D eigenvalue weighted by Gasteiger charge is -2.23. The number of halogens is 1. The van der Waals surface area contributed by atoms with Crippen LogP contribution in [0.3, 0.4) is 0 Å². The molecule has 0 aromatic carbocycles. The van der Waals surface area contributed by atoms with Gasteiger partial charge in [0, 0.05) is 18.8 Å². The first-order valence-electron chi connectivity index (χ1n) is 7.37. The van der Waals surface area contributed by atoms with Crippen molar-refractivity contribution in [2.75, 3.05) is 25.2 Å². The summed E-state index contributed by atoms with van der Waals surface area (Å²) in [6.07, 6.45) is 0.394. The van der Waals surface area contributed by atoms with Crippen LogP contribution in [0, 0.1) is 13.8 Å². The zero-order valence-corrected chi connectivity index (χ0v) is 15.3. The van der Waals surface area contributed by atoms with Gasteiger partial charge in [-0.15, -0.1) is 0 Å². The molecule has 1 aromatic rings. The molecule has 1 aliphatic rings. The van der Waals surface area contributed by atoms with Gasteiger partial charge in [-0.05, 0) is 31.9 Å². The van der Waals surface area contributed by atoms with Crippen LogP contribution in [0.4, 0.5) is 0 Å². The number of amides is 1. The highest BCUT2D eigenvalue weighted by atomic mass is 35.5. The van der Waals surface area contributed by atoms with Gasteiger partial charge in [0.15, 0.2) is 16.4 Å². The summed E-state index contributed by atoms with van der Waals surface area (Å²) in [7, 11) is -1.58. The van der Waals surface area contributed by atoms with Crippen molar-refractivity contribution in [3.8, 4) is 0 Å². The van der Waals surface area contributed by atoms with Gasteiger partial charge in [-0.25, -0.2) is 18.2 Å². The molecule has 1 saturated heterocycles. The van der Waals surface area contributed by atoms with Gasteiger partial charge in [0.1, 0.15) is 5.15 Å². The first kappa shape index (κ1) is 18.7. The SMILES string of the molecule is Cc1cc(C)c(C(=O)OCC(=O)N(C)[C@@H]2CCS(=O)(=O)C2)c(Cl)n1. The van der Waals surface area contributed by atoms with Crippen molar-refractivity contribution in [3.05, 3.63) is 28.0 Å². The molecule has 9 heteroatoms. The van der Waals surface area contributed by atoms with Gasteiger partial charge in [-0.2, -0.15) is 0 Å². The molecular weight excluding hydrogens is 356 g/mol. The zero-order chi connectivity index (χ0) is 18.1. The van der Waals surface area contributed by atoms with Crippen LogP contribution in [0.1, 0.15) is 28.0 Å². The number of likely N-dealkylation sites (N-methyl/N-ethyl adjacent to an activating group) is 1. The number of aryl methyl sites for hydroxylation is 2. The van der Waals surface area contributed by atoms with Crippen LogP contribution in [0.2, 0.25) is 5.15 Å². The average Bonchev–Trinajstić information content (AvgIpc) is 2.83. The number of hydrogen-bond donors (Lipinski definition) is 0. The van der Waals surface area contributed by atoms with Gasteiger partial charge in [0.25, 0.3) is 5.91 Å². The Morgan fingerprint density at radius 3 is 2.62 bits per heavy atom. The Morgan fingerprint density at radius 1 is 1.42 bits per heavy atom. The Bertz CT molecular complexity index is 755. The van der Waals surface area contributed by atoms with Gasteiger partial charge in [-0.1, -0.05) is 11.6 Å². The normalized spacial score (nSPS) is 19.1. The van der Waals surface area contributed by atoms with E-state index in [-0.39, 0.29) is 28.3 Å². The number of nitrogens with zero attached hydrogens (tertiary/aromatic N) is 2. The quantitative estimate of drug-likeness (QED) is 0.579. The smallest absolute Gasteiger partial charge is 0.342 e. The molecule has 1 atom stereocenters. The van der Waals surface area contributed by atoms with Crippen LogP contribution in [0.25, 0.3) is 0 Å². The number of rotatable bonds is 4. The van der Waals surface area contributed by atoms with E-state index in [0.29, 0.717) is 17.7 Å². The van der Waals surface area contributed by atoms with Gasteiger partial charge in [0.2, 0.25) is 0 Å². The van der Waals surface area contributed by atoms with Crippen molar-refractivity contribution in [1.29, 1.82) is 0 Å². The fraction of sp³-hybridized carbons (Fsp3) is 0.533. The van der Waals surface area contributed by atoms with Crippen LogP contribution < -0.4 is 0 Å². The third-order valence-corrected chi connectivity index (χ3v) is 6.00. The number of ether oxygens (including phenoxy) is 1. The molecule has 0 spiro atoms. The molecule has 0 bridgehead atoms. The van der Waals surface area contributed by atoms with E-state index in [2.05, 4.69) is 4.98 Å². The van der Waals surface area contributed by atoms with E-state index in [1.54, 1.807) is 19.9 Å². The Kier molecular flexibility index (Phi) is 5.49. The molecule has 1 aliphatic heterocycles. The second-order valence-corrected chi connectivity index (χ2v) is 8.47. The maximum absolute atomic E-state index is 12.1. The van der Waals surface area contributed by atoms with Crippen molar-refractivity contribution in [3.63, 3.8) is 0 Å². The third-order valence-electron chi connectivity index (χ3n) is 3.98. The minimum atomic E-state index is -3.09. The van der Waals surface area contributed by atoms with Gasteiger partial charge in [-0.3, -0.25) is 4.79 Å². The van der Waals surface area contributed by atoms with E-state index in [0.717, 1.165) is 0 Å². The molecule has 0 N–H and O–H groups in total. The van der Waals surface area contributed by atoms with E-state index < -0.39 is 28.3 Å². The molecule has 1 aromatic heterocycles. The number of hydrogen-bond acceptors (Lipinski definition) is 6. The third kappa shape index (κ3) is 4.24. The minimum absolute atomic E-state index is 0.0280. The molecule has 1 fully saturated rings. The summed E-state index contributed by atoms with van der Waals surface area (Å²) in [6.45, 7) is 2.98. The van der Waals surface area contributed by atoms with E-state index in [9.17, 15) is 18.0 Å². The maximum atomic E-state index is 12.1. The Labute approximate surface area is 145 Å². The van der Waals surface area contributed by atoms with E-state index in [1.165, 1.54) is 11.9 Å². The standard InChI is InChI=1S/C15H19ClN2O5S/c1-9-6-10(2)17-14(16)13(9)15(20)23-7-12(19)18(3)11-4-5-24(21,22)8-11/h6,11H,4-5,7-8H2,1-3H3/t11-/m1/s1. The van der Waals surface area contributed by atoms with Crippen LogP contribution in [-0.2, 0) is 19.4 Å². The Hall–Kier alpha value is -1.67. The largest absolute Gasteiger partial charge is 0.452 e. The first-order valence-corrected chi connectivity index (χ1v) is 9.57. The molecule has 1 amide bonds. The van der Waals surface area contributed by atoms with E-state index >= 15 is 0 Å². The van der Waals surface area contributed by atoms with Crippen molar-refractivity contribution >= 4 is 33.3 Å². The van der Waals surface area contributed by atoms with Crippen molar-refractivity contribution in [1.82, 2.24) is 9.88 Å². The highest BCUT2D eigenvalue weighted by Gasteiger charge is 2.33. The monoisotopic (exact) mass is 374 g/mol. The summed E-state index contributed by atoms with van der Waals surface area (Å²) in [5.41, 5.74) is 1.41. The topological polar surface area (TPSA) is 93.6 Å². The molecule has 0 radical (unpaired) electrons. The predicted octanol–water partition coefficient (Wildman–Crippen LogP) is 1.15. The van der Waals surface area contributed by atoms with Gasteiger partial charge >= 0.3 is 5.97 Å². The average molecular weight is 375 g/mol. The maximum Gasteiger partial charge on any atom is 0.342 e. The lowest BCUT2D eigenvalue weighted by molar-refractivity contribution is -0.134. The summed E-state index contributed by atoms with van der Waals surface area (Å²) >= 11 is 5.97. The highest BCUT2D eigenvalue weighted by Crippen LogP contribution is 2.20. The van der Waals surface area contributed by atoms with Crippen LogP contribution in [0.15, 0.2) is 6.07 Å². The van der Waals surface area contributed by atoms with Crippen LogP contribution in [0.5, 0.6) is 0 Å². The predicted molar refractivity (Wildman–Crippen MR) is 88.8 cm³/mol. The first-order chi connectivity index (χ1) is 11.1. The van der Waals surface area contributed by atoms with Crippen LogP contribution in [-0.4, -0.2) is 61.4 Å². The lowest BCUT2D eigenvalue weighted by atomic mass is 10.1. The van der Waals surface area contributed by atoms with E-state index in [4.69, 9.17) is 16.3 Å². The molecular formula is C15H19ClN2O5S. The lowest BCUT2D eigenvalue weighted by Crippen LogP contribution is -2.40. The summed E-state index contributed by atoms with van der Waals surface area (Å²) in [4.78, 5) is 29.6. The van der Waals surface area contributed by atoms with Gasteiger partial charge < -0.3 is 9.64 Å². The second-order valence-electron chi connectivity index (χ2n) is 5.88. The van der Waals surface area contributed by atoms with Crippen molar-refractivity contribution in [2.24, 2.45) is 0 Å². The van der Waals surface area contributed by atoms with E-state index in [1.807, 2.05) is 0 Å². The fourth-order valence-corrected chi connectivity index (χ4v) is 4.76. The molecule has 0 aliphatic carbocycles. The number of aromatic nitrogens is 1. The molecule has 132 valence electrons. The fourth-order valence-electron chi connectivity index (χ4n) is 2.62. The molecule has 2 rings (SSSR count).